The molecule has 1 aliphatic heterocycles. The molecule has 0 aromatic carbocycles. The number of carbonyl (C=O) groups is 1. The van der Waals surface area contributed by atoms with Gasteiger partial charge in [0.15, 0.2) is 0 Å². The van der Waals surface area contributed by atoms with Gasteiger partial charge in [-0.1, -0.05) is 0 Å². The fraction of sp³-hybridized carbons (Fsp3) is 0.400. The third kappa shape index (κ3) is 3.00. The van der Waals surface area contributed by atoms with Gasteiger partial charge in [-0.15, -0.1) is 0 Å². The van der Waals surface area contributed by atoms with E-state index in [9.17, 15) is 13.2 Å². The molecule has 0 radical (unpaired) electrons. The number of amides is 1. The van der Waals surface area contributed by atoms with Gasteiger partial charge in [0, 0.05) is 25.8 Å². The van der Waals surface area contributed by atoms with Gasteiger partial charge in [-0.25, -0.2) is 18.5 Å². The molecule has 1 fully saturated rings. The first-order valence-corrected chi connectivity index (χ1v) is 7.20. The van der Waals surface area contributed by atoms with E-state index in [0.29, 0.717) is 25.5 Å². The molecule has 9 heteroatoms. The minimum Gasteiger partial charge on any atom is -0.368 e. The average Bonchev–Trinajstić information content (AvgIpc) is 2.38. The van der Waals surface area contributed by atoms with Crippen molar-refractivity contribution in [1.29, 1.82) is 0 Å². The summed E-state index contributed by atoms with van der Waals surface area (Å²) in [6.45, 7) is 1.70. The largest absolute Gasteiger partial charge is 0.368 e. The number of sulfonamides is 1. The molecular formula is C10H15N5O3S. The molecule has 104 valence electrons. The smallest absolute Gasteiger partial charge is 0.241 e. The Hall–Kier alpha value is -1.71. The molecule has 2 heterocycles. The number of piperazine rings is 1. The summed E-state index contributed by atoms with van der Waals surface area (Å²) < 4.78 is 22.3. The highest BCUT2D eigenvalue weighted by molar-refractivity contribution is 7.89. The Balaban J connectivity index is 2.28. The molecule has 0 spiro atoms. The minimum absolute atomic E-state index is 0.0676. The minimum atomic E-state index is -3.77. The van der Waals surface area contributed by atoms with Gasteiger partial charge in [-0.05, 0) is 12.1 Å². The molecule has 5 N–H and O–H groups in total. The highest BCUT2D eigenvalue weighted by Gasteiger charge is 2.27. The first-order valence-electron chi connectivity index (χ1n) is 5.65. The van der Waals surface area contributed by atoms with Crippen LogP contribution in [0.5, 0.6) is 0 Å². The number of nitrogens with zero attached hydrogens (tertiary/aromatic N) is 2. The molecule has 0 saturated carbocycles. The first kappa shape index (κ1) is 13.7. The maximum atomic E-state index is 11.4. The summed E-state index contributed by atoms with van der Waals surface area (Å²) in [4.78, 5) is 17.1. The summed E-state index contributed by atoms with van der Waals surface area (Å²) in [7, 11) is -3.77. The third-order valence-electron chi connectivity index (χ3n) is 2.92. The van der Waals surface area contributed by atoms with E-state index >= 15 is 0 Å². The van der Waals surface area contributed by atoms with E-state index < -0.39 is 22.0 Å². The summed E-state index contributed by atoms with van der Waals surface area (Å²) >= 11 is 0. The molecule has 1 amide bonds. The number of hydrogen-bond acceptors (Lipinski definition) is 6. The van der Waals surface area contributed by atoms with Crippen LogP contribution in [0.4, 0.5) is 5.82 Å². The standard InChI is InChI=1S/C10H15N5O3S/c11-10(16)8-6-13-3-4-15(8)9-2-1-7(5-14-9)19(12,17)18/h1-2,5,8,13H,3-4,6H2,(H2,11,16)(H2,12,17,18). The summed E-state index contributed by atoms with van der Waals surface area (Å²) in [5, 5.41) is 8.06. The van der Waals surface area contributed by atoms with Crippen LogP contribution in [0.2, 0.25) is 0 Å². The SMILES string of the molecule is NC(=O)C1CNCCN1c1ccc(S(N)(=O)=O)cn1. The molecule has 8 nitrogen and oxygen atoms in total. The van der Waals surface area contributed by atoms with Gasteiger partial charge >= 0.3 is 0 Å². The lowest BCUT2D eigenvalue weighted by molar-refractivity contribution is -0.119. The van der Waals surface area contributed by atoms with Gasteiger partial charge in [0.25, 0.3) is 0 Å². The monoisotopic (exact) mass is 285 g/mol. The number of nitrogens with two attached hydrogens (primary N) is 2. The van der Waals surface area contributed by atoms with Gasteiger partial charge in [-0.2, -0.15) is 0 Å². The van der Waals surface area contributed by atoms with Crippen LogP contribution in [0, 0.1) is 0 Å². The maximum absolute atomic E-state index is 11.4. The van der Waals surface area contributed by atoms with Crippen molar-refractivity contribution >= 4 is 21.7 Å². The fourth-order valence-corrected chi connectivity index (χ4v) is 2.40. The van der Waals surface area contributed by atoms with Crippen molar-refractivity contribution in [1.82, 2.24) is 10.3 Å². The summed E-state index contributed by atoms with van der Waals surface area (Å²) in [6.07, 6.45) is 1.17. The Kier molecular flexibility index (Phi) is 3.69. The Morgan fingerprint density at radius 3 is 2.74 bits per heavy atom. The van der Waals surface area contributed by atoms with E-state index in [1.54, 1.807) is 4.90 Å². The molecule has 1 aliphatic rings. The number of nitrogens with one attached hydrogen (secondary N) is 1. The second-order valence-electron chi connectivity index (χ2n) is 4.21. The molecule has 1 aromatic heterocycles. The van der Waals surface area contributed by atoms with Gasteiger partial charge in [-0.3, -0.25) is 4.79 Å². The highest BCUT2D eigenvalue weighted by atomic mass is 32.2. The van der Waals surface area contributed by atoms with Crippen molar-refractivity contribution in [3.05, 3.63) is 18.3 Å². The number of hydrogen-bond donors (Lipinski definition) is 3. The molecule has 2 rings (SSSR count). The normalized spacial score (nSPS) is 20.3. The number of pyridine rings is 1. The zero-order chi connectivity index (χ0) is 14.0. The van der Waals surface area contributed by atoms with Crippen molar-refractivity contribution in [2.75, 3.05) is 24.5 Å². The number of aromatic nitrogens is 1. The van der Waals surface area contributed by atoms with Gasteiger partial charge in [0.05, 0.1) is 0 Å². The zero-order valence-corrected chi connectivity index (χ0v) is 10.9. The van der Waals surface area contributed by atoms with Crippen molar-refractivity contribution < 1.29 is 13.2 Å². The van der Waals surface area contributed by atoms with Crippen LogP contribution in [0.1, 0.15) is 0 Å². The molecular weight excluding hydrogens is 270 g/mol. The predicted molar refractivity (Wildman–Crippen MR) is 68.8 cm³/mol. The van der Waals surface area contributed by atoms with E-state index in [1.165, 1.54) is 18.3 Å². The Bertz CT molecular complexity index is 571. The average molecular weight is 285 g/mol. The van der Waals surface area contributed by atoms with Crippen LogP contribution >= 0.6 is 0 Å². The van der Waals surface area contributed by atoms with E-state index in [2.05, 4.69) is 10.3 Å². The van der Waals surface area contributed by atoms with Crippen molar-refractivity contribution in [2.24, 2.45) is 10.9 Å². The maximum Gasteiger partial charge on any atom is 0.241 e. The van der Waals surface area contributed by atoms with Crippen LogP contribution in [0.15, 0.2) is 23.2 Å². The van der Waals surface area contributed by atoms with Crippen LogP contribution in [0.3, 0.4) is 0 Å². The highest BCUT2D eigenvalue weighted by Crippen LogP contribution is 2.17. The second-order valence-corrected chi connectivity index (χ2v) is 5.77. The van der Waals surface area contributed by atoms with Crippen LogP contribution in [0.25, 0.3) is 0 Å². The predicted octanol–water partition coefficient (Wildman–Crippen LogP) is -2.01. The number of primary sulfonamides is 1. The third-order valence-corrected chi connectivity index (χ3v) is 3.81. The Labute approximate surface area is 110 Å². The summed E-state index contributed by atoms with van der Waals surface area (Å²) in [5.41, 5.74) is 5.33. The lowest BCUT2D eigenvalue weighted by atomic mass is 10.2. The van der Waals surface area contributed by atoms with Crippen LogP contribution in [-0.2, 0) is 14.8 Å². The zero-order valence-electron chi connectivity index (χ0n) is 10.1. The van der Waals surface area contributed by atoms with E-state index in [-0.39, 0.29) is 4.90 Å². The summed E-state index contributed by atoms with van der Waals surface area (Å²) in [5.74, 6) is 0.0437. The van der Waals surface area contributed by atoms with Crippen molar-refractivity contribution in [3.63, 3.8) is 0 Å². The van der Waals surface area contributed by atoms with Crippen LogP contribution in [-0.4, -0.2) is 45.0 Å². The number of primary amides is 1. The lowest BCUT2D eigenvalue weighted by Gasteiger charge is -2.35. The molecule has 1 atom stereocenters. The molecule has 1 saturated heterocycles. The topological polar surface area (TPSA) is 131 Å². The molecule has 0 aliphatic carbocycles. The van der Waals surface area contributed by atoms with Gasteiger partial charge in [0.1, 0.15) is 16.8 Å². The van der Waals surface area contributed by atoms with Gasteiger partial charge in [0.2, 0.25) is 15.9 Å². The fourth-order valence-electron chi connectivity index (χ4n) is 1.94. The van der Waals surface area contributed by atoms with E-state index in [4.69, 9.17) is 10.9 Å². The number of rotatable bonds is 3. The number of carbonyl (C=O) groups excluding carboxylic acids is 1. The first-order chi connectivity index (χ1) is 8.89. The molecule has 1 aromatic rings. The molecule has 19 heavy (non-hydrogen) atoms. The quantitative estimate of drug-likeness (QED) is 0.588. The van der Waals surface area contributed by atoms with Crippen LogP contribution < -0.4 is 21.1 Å². The second kappa shape index (κ2) is 5.11. The van der Waals surface area contributed by atoms with Crippen molar-refractivity contribution in [3.8, 4) is 0 Å². The van der Waals surface area contributed by atoms with Crippen molar-refractivity contribution in [2.45, 2.75) is 10.9 Å². The van der Waals surface area contributed by atoms with Gasteiger partial charge < -0.3 is 16.0 Å². The van der Waals surface area contributed by atoms with E-state index in [0.717, 1.165) is 0 Å². The number of anilines is 1. The Morgan fingerprint density at radius 1 is 1.47 bits per heavy atom. The molecule has 0 bridgehead atoms. The summed E-state index contributed by atoms with van der Waals surface area (Å²) in [6, 6.07) is 2.38. The molecule has 1 unspecified atom stereocenters. The Morgan fingerprint density at radius 2 is 2.21 bits per heavy atom. The van der Waals surface area contributed by atoms with E-state index in [1.807, 2.05) is 0 Å². The lowest BCUT2D eigenvalue weighted by Crippen LogP contribution is -2.57.